The topological polar surface area (TPSA) is 72.3 Å². The molecule has 0 spiro atoms. The molecule has 0 aliphatic carbocycles. The molecule has 2 N–H and O–H groups in total. The van der Waals surface area contributed by atoms with E-state index in [9.17, 15) is 9.59 Å². The lowest BCUT2D eigenvalue weighted by Crippen LogP contribution is -3.15. The van der Waals surface area contributed by atoms with Crippen molar-refractivity contribution in [3.63, 3.8) is 0 Å². The summed E-state index contributed by atoms with van der Waals surface area (Å²) in [6.07, 6.45) is 0. The molecule has 0 aromatic heterocycles. The maximum absolute atomic E-state index is 12.6. The average molecular weight is 398 g/mol. The number of carbonyl (C=O) groups excluding carboxylic acids is 2. The summed E-state index contributed by atoms with van der Waals surface area (Å²) in [6, 6.07) is 16.4. The summed E-state index contributed by atoms with van der Waals surface area (Å²) in [5.74, 6) is 1.37. The van der Waals surface area contributed by atoms with Gasteiger partial charge >= 0.3 is 0 Å². The second-order valence-electron chi connectivity index (χ2n) is 7.17. The Hall–Kier alpha value is -2.90. The summed E-state index contributed by atoms with van der Waals surface area (Å²) < 4.78 is 11.0. The first-order valence-corrected chi connectivity index (χ1v) is 9.84. The number of likely N-dealkylation sites (N-methyl/N-ethyl adjacent to an activating group) is 1. The number of amides is 2. The molecule has 1 saturated heterocycles. The van der Waals surface area contributed by atoms with Crippen LogP contribution in [-0.4, -0.2) is 62.7 Å². The van der Waals surface area contributed by atoms with Gasteiger partial charge < -0.3 is 24.6 Å². The van der Waals surface area contributed by atoms with E-state index in [0.29, 0.717) is 37.7 Å². The molecule has 1 aliphatic heterocycles. The Morgan fingerprint density at radius 3 is 2.34 bits per heavy atom. The Balaban J connectivity index is 1.50. The number of rotatable bonds is 7. The third-order valence-corrected chi connectivity index (χ3v) is 5.03. The minimum Gasteiger partial charge on any atom is -0.457 e. The molecule has 154 valence electrons. The van der Waals surface area contributed by atoms with Crippen LogP contribution in [-0.2, 0) is 14.3 Å². The smallest absolute Gasteiger partial charge is 0.282 e. The fourth-order valence-electron chi connectivity index (χ4n) is 3.02. The summed E-state index contributed by atoms with van der Waals surface area (Å²) >= 11 is 0. The van der Waals surface area contributed by atoms with Gasteiger partial charge in [-0.05, 0) is 43.3 Å². The van der Waals surface area contributed by atoms with Gasteiger partial charge in [-0.2, -0.15) is 0 Å². The lowest BCUT2D eigenvalue weighted by atomic mass is 10.2. The molecule has 7 nitrogen and oxygen atoms in total. The average Bonchev–Trinajstić information content (AvgIpc) is 2.75. The van der Waals surface area contributed by atoms with Crippen molar-refractivity contribution in [2.45, 2.75) is 13.0 Å². The van der Waals surface area contributed by atoms with Crippen LogP contribution >= 0.6 is 0 Å². The number of carbonyl (C=O) groups is 2. The second-order valence-corrected chi connectivity index (χ2v) is 7.17. The molecule has 1 unspecified atom stereocenters. The number of ether oxygens (including phenoxy) is 2. The van der Waals surface area contributed by atoms with Crippen LogP contribution in [0.2, 0.25) is 0 Å². The van der Waals surface area contributed by atoms with E-state index in [-0.39, 0.29) is 24.4 Å². The number of benzene rings is 2. The number of hydrogen-bond donors (Lipinski definition) is 2. The van der Waals surface area contributed by atoms with Gasteiger partial charge in [0.1, 0.15) is 11.5 Å². The van der Waals surface area contributed by atoms with Crippen LogP contribution in [0, 0.1) is 0 Å². The van der Waals surface area contributed by atoms with Gasteiger partial charge in [-0.15, -0.1) is 0 Å². The van der Waals surface area contributed by atoms with Crippen LogP contribution in [0.1, 0.15) is 6.92 Å². The summed E-state index contributed by atoms with van der Waals surface area (Å²) in [6.45, 7) is 4.48. The summed E-state index contributed by atoms with van der Waals surface area (Å²) in [5.41, 5.74) is 0.689. The van der Waals surface area contributed by atoms with Crippen molar-refractivity contribution in [3.8, 4) is 11.5 Å². The predicted octanol–water partition coefficient (Wildman–Crippen LogP) is 1.18. The highest BCUT2D eigenvalue weighted by molar-refractivity contribution is 5.93. The zero-order valence-electron chi connectivity index (χ0n) is 16.9. The molecule has 0 saturated carbocycles. The molecule has 2 amide bonds. The van der Waals surface area contributed by atoms with Crippen molar-refractivity contribution in [2.75, 3.05) is 45.2 Å². The van der Waals surface area contributed by atoms with E-state index in [1.807, 2.05) is 56.4 Å². The van der Waals surface area contributed by atoms with Gasteiger partial charge in [0.15, 0.2) is 12.6 Å². The maximum Gasteiger partial charge on any atom is 0.282 e. The molecular formula is C22H28N3O4+. The largest absolute Gasteiger partial charge is 0.457 e. The Kier molecular flexibility index (Phi) is 7.21. The Labute approximate surface area is 171 Å². The SMILES string of the molecule is C[C@@H](C(=O)Nc1ccc(Oc2ccccc2)cc1)[NH+](C)CC(=O)N1CCOCC1. The highest BCUT2D eigenvalue weighted by Crippen LogP contribution is 2.22. The molecule has 2 atom stereocenters. The van der Waals surface area contributed by atoms with E-state index in [0.717, 1.165) is 10.6 Å². The van der Waals surface area contributed by atoms with Crippen molar-refractivity contribution in [1.29, 1.82) is 0 Å². The first kappa shape index (κ1) is 20.8. The Morgan fingerprint density at radius 2 is 1.69 bits per heavy atom. The first-order chi connectivity index (χ1) is 14.0. The molecule has 1 heterocycles. The van der Waals surface area contributed by atoms with Gasteiger partial charge in [0.25, 0.3) is 11.8 Å². The van der Waals surface area contributed by atoms with Crippen molar-refractivity contribution in [1.82, 2.24) is 4.90 Å². The van der Waals surface area contributed by atoms with E-state index in [2.05, 4.69) is 5.32 Å². The standard InChI is InChI=1S/C22H27N3O4/c1-17(24(2)16-21(26)25-12-14-28-15-13-25)22(27)23-18-8-10-20(11-9-18)29-19-6-4-3-5-7-19/h3-11,17H,12-16H2,1-2H3,(H,23,27)/p+1/t17-/m0/s1. The van der Waals surface area contributed by atoms with E-state index >= 15 is 0 Å². The molecule has 3 rings (SSSR count). The number of hydrogen-bond acceptors (Lipinski definition) is 4. The summed E-state index contributed by atoms with van der Waals surface area (Å²) in [7, 11) is 1.86. The first-order valence-electron chi connectivity index (χ1n) is 9.84. The van der Waals surface area contributed by atoms with Crippen molar-refractivity contribution in [3.05, 3.63) is 54.6 Å². The van der Waals surface area contributed by atoms with Crippen LogP contribution in [0.4, 0.5) is 5.69 Å². The number of nitrogens with one attached hydrogen (secondary N) is 2. The van der Waals surface area contributed by atoms with Crippen LogP contribution in [0.3, 0.4) is 0 Å². The number of nitrogens with zero attached hydrogens (tertiary/aromatic N) is 1. The molecule has 29 heavy (non-hydrogen) atoms. The maximum atomic E-state index is 12.6. The van der Waals surface area contributed by atoms with E-state index in [1.165, 1.54) is 0 Å². The third-order valence-electron chi connectivity index (χ3n) is 5.03. The zero-order chi connectivity index (χ0) is 20.6. The molecule has 1 aliphatic rings. The van der Waals surface area contributed by atoms with Gasteiger partial charge in [0.05, 0.1) is 20.3 Å². The monoisotopic (exact) mass is 398 g/mol. The van der Waals surface area contributed by atoms with Crippen molar-refractivity contribution >= 4 is 17.5 Å². The van der Waals surface area contributed by atoms with Gasteiger partial charge in [0, 0.05) is 18.8 Å². The lowest BCUT2D eigenvalue weighted by molar-refractivity contribution is -0.886. The molecule has 1 fully saturated rings. The van der Waals surface area contributed by atoms with Crippen LogP contribution in [0.5, 0.6) is 11.5 Å². The van der Waals surface area contributed by atoms with Crippen LogP contribution < -0.4 is 15.0 Å². The number of morpholine rings is 1. The van der Waals surface area contributed by atoms with Crippen molar-refractivity contribution in [2.24, 2.45) is 0 Å². The Bertz CT molecular complexity index is 805. The number of para-hydroxylation sites is 1. The van der Waals surface area contributed by atoms with E-state index < -0.39 is 0 Å². The lowest BCUT2D eigenvalue weighted by Gasteiger charge is -2.28. The normalized spacial score (nSPS) is 16.0. The quantitative estimate of drug-likeness (QED) is 0.735. The predicted molar refractivity (Wildman–Crippen MR) is 110 cm³/mol. The van der Waals surface area contributed by atoms with E-state index in [1.54, 1.807) is 17.0 Å². The highest BCUT2D eigenvalue weighted by atomic mass is 16.5. The van der Waals surface area contributed by atoms with Gasteiger partial charge in [0.2, 0.25) is 0 Å². The third kappa shape index (κ3) is 6.04. The molecular weight excluding hydrogens is 370 g/mol. The minimum absolute atomic E-state index is 0.0489. The summed E-state index contributed by atoms with van der Waals surface area (Å²) in [4.78, 5) is 27.6. The number of anilines is 1. The van der Waals surface area contributed by atoms with Crippen LogP contribution in [0.25, 0.3) is 0 Å². The Morgan fingerprint density at radius 1 is 1.07 bits per heavy atom. The minimum atomic E-state index is -0.361. The van der Waals surface area contributed by atoms with E-state index in [4.69, 9.17) is 9.47 Å². The van der Waals surface area contributed by atoms with Gasteiger partial charge in [-0.1, -0.05) is 18.2 Å². The van der Waals surface area contributed by atoms with Gasteiger partial charge in [-0.3, -0.25) is 9.59 Å². The molecule has 7 heteroatoms. The highest BCUT2D eigenvalue weighted by Gasteiger charge is 2.27. The molecule has 2 aromatic carbocycles. The fraction of sp³-hybridized carbons (Fsp3) is 0.364. The fourth-order valence-corrected chi connectivity index (χ4v) is 3.02. The zero-order valence-corrected chi connectivity index (χ0v) is 16.9. The molecule has 0 bridgehead atoms. The van der Waals surface area contributed by atoms with Crippen molar-refractivity contribution < 1.29 is 24.0 Å². The molecule has 2 aromatic rings. The second kappa shape index (κ2) is 10.0. The number of quaternary nitrogens is 1. The molecule has 0 radical (unpaired) electrons. The van der Waals surface area contributed by atoms with Gasteiger partial charge in [-0.25, -0.2) is 0 Å². The van der Waals surface area contributed by atoms with Crippen LogP contribution in [0.15, 0.2) is 54.6 Å². The summed E-state index contributed by atoms with van der Waals surface area (Å²) in [5, 5.41) is 2.91.